The maximum atomic E-state index is 12.1. The van der Waals surface area contributed by atoms with Crippen molar-refractivity contribution >= 4 is 23.4 Å². The minimum Gasteiger partial charge on any atom is -0.357 e. The monoisotopic (exact) mass is 358 g/mol. The molecule has 0 aliphatic carbocycles. The Kier molecular flexibility index (Phi) is 5.76. The number of carbonyl (C=O) groups excluding carboxylic acids is 1. The van der Waals surface area contributed by atoms with Crippen molar-refractivity contribution in [3.05, 3.63) is 58.7 Å². The molecule has 2 N–H and O–H groups in total. The number of pyridine rings is 1. The molecule has 0 spiro atoms. The van der Waals surface area contributed by atoms with Gasteiger partial charge in [0.25, 0.3) is 0 Å². The molecule has 25 heavy (non-hydrogen) atoms. The van der Waals surface area contributed by atoms with Crippen LogP contribution in [0, 0.1) is 0 Å². The van der Waals surface area contributed by atoms with Gasteiger partial charge in [0.2, 0.25) is 0 Å². The minimum atomic E-state index is -0.193. The van der Waals surface area contributed by atoms with Crippen molar-refractivity contribution in [1.82, 2.24) is 15.6 Å². The standard InChI is InChI=1S/C19H23ClN4O/c1-14(16-4-6-17(20)7-5-16)23-19(25)22-13-15-8-9-21-18(12-15)24-10-2-3-11-24/h4-9,12,14H,2-3,10-11,13H2,1H3,(H2,22,23,25)/t14-/m0/s1. The summed E-state index contributed by atoms with van der Waals surface area (Å²) < 4.78 is 0. The molecule has 1 aliphatic heterocycles. The van der Waals surface area contributed by atoms with Crippen LogP contribution in [0.2, 0.25) is 5.02 Å². The van der Waals surface area contributed by atoms with Gasteiger partial charge in [0.1, 0.15) is 5.82 Å². The van der Waals surface area contributed by atoms with Gasteiger partial charge in [-0.05, 0) is 55.2 Å². The minimum absolute atomic E-state index is 0.0881. The fourth-order valence-electron chi connectivity index (χ4n) is 2.95. The molecule has 1 aromatic carbocycles. The average molecular weight is 359 g/mol. The number of aromatic nitrogens is 1. The SMILES string of the molecule is C[C@H](NC(=O)NCc1ccnc(N2CCCC2)c1)c1ccc(Cl)cc1. The van der Waals surface area contributed by atoms with Gasteiger partial charge in [-0.2, -0.15) is 0 Å². The normalized spacial score (nSPS) is 15.0. The van der Waals surface area contributed by atoms with Crippen molar-refractivity contribution in [2.24, 2.45) is 0 Å². The first kappa shape index (κ1) is 17.5. The Hall–Kier alpha value is -2.27. The molecule has 2 heterocycles. The second-order valence-electron chi connectivity index (χ2n) is 6.32. The fraction of sp³-hybridized carbons (Fsp3) is 0.368. The summed E-state index contributed by atoms with van der Waals surface area (Å²) in [6, 6.07) is 11.2. The molecule has 0 radical (unpaired) electrons. The van der Waals surface area contributed by atoms with E-state index in [9.17, 15) is 4.79 Å². The molecular weight excluding hydrogens is 336 g/mol. The number of halogens is 1. The molecule has 0 saturated carbocycles. The number of hydrogen-bond acceptors (Lipinski definition) is 3. The molecule has 6 heteroatoms. The van der Waals surface area contributed by atoms with Crippen molar-refractivity contribution in [1.29, 1.82) is 0 Å². The van der Waals surface area contributed by atoms with E-state index in [4.69, 9.17) is 11.6 Å². The number of nitrogens with one attached hydrogen (secondary N) is 2. The molecule has 1 atom stereocenters. The molecule has 3 rings (SSSR count). The van der Waals surface area contributed by atoms with Gasteiger partial charge in [0.05, 0.1) is 6.04 Å². The lowest BCUT2D eigenvalue weighted by atomic mass is 10.1. The van der Waals surface area contributed by atoms with Crippen molar-refractivity contribution in [2.75, 3.05) is 18.0 Å². The van der Waals surface area contributed by atoms with E-state index in [0.717, 1.165) is 30.0 Å². The molecule has 1 aliphatic rings. The number of anilines is 1. The maximum Gasteiger partial charge on any atom is 0.315 e. The van der Waals surface area contributed by atoms with Gasteiger partial charge < -0.3 is 15.5 Å². The highest BCUT2D eigenvalue weighted by molar-refractivity contribution is 6.30. The van der Waals surface area contributed by atoms with E-state index in [0.29, 0.717) is 11.6 Å². The zero-order valence-electron chi connectivity index (χ0n) is 14.3. The summed E-state index contributed by atoms with van der Waals surface area (Å²) in [5.74, 6) is 0.992. The number of carbonyl (C=O) groups is 1. The molecule has 0 unspecified atom stereocenters. The van der Waals surface area contributed by atoms with E-state index < -0.39 is 0 Å². The first-order valence-corrected chi connectivity index (χ1v) is 8.99. The Balaban J connectivity index is 1.51. The third-order valence-corrected chi connectivity index (χ3v) is 4.66. The molecule has 1 aromatic heterocycles. The quantitative estimate of drug-likeness (QED) is 0.852. The van der Waals surface area contributed by atoms with Gasteiger partial charge >= 0.3 is 6.03 Å². The fourth-order valence-corrected chi connectivity index (χ4v) is 3.08. The van der Waals surface area contributed by atoms with Crippen LogP contribution < -0.4 is 15.5 Å². The Morgan fingerprint density at radius 2 is 1.96 bits per heavy atom. The van der Waals surface area contributed by atoms with Crippen LogP contribution in [0.25, 0.3) is 0 Å². The summed E-state index contributed by atoms with van der Waals surface area (Å²) >= 11 is 5.89. The van der Waals surface area contributed by atoms with Gasteiger partial charge in [-0.15, -0.1) is 0 Å². The van der Waals surface area contributed by atoms with Crippen molar-refractivity contribution in [3.8, 4) is 0 Å². The van der Waals surface area contributed by atoms with Crippen LogP contribution in [0.1, 0.15) is 36.9 Å². The van der Waals surface area contributed by atoms with E-state index in [1.807, 2.05) is 43.3 Å². The predicted molar refractivity (Wildman–Crippen MR) is 101 cm³/mol. The van der Waals surface area contributed by atoms with Crippen LogP contribution in [-0.4, -0.2) is 24.1 Å². The number of hydrogen-bond donors (Lipinski definition) is 2. The van der Waals surface area contributed by atoms with Crippen LogP contribution in [0.15, 0.2) is 42.6 Å². The summed E-state index contributed by atoms with van der Waals surface area (Å²) in [5.41, 5.74) is 2.06. The van der Waals surface area contributed by atoms with Gasteiger partial charge in [-0.25, -0.2) is 9.78 Å². The van der Waals surface area contributed by atoms with E-state index in [1.165, 1.54) is 12.8 Å². The number of amides is 2. The first-order chi connectivity index (χ1) is 12.1. The summed E-state index contributed by atoms with van der Waals surface area (Å²) in [5, 5.41) is 6.53. The molecule has 1 fully saturated rings. The Morgan fingerprint density at radius 3 is 2.68 bits per heavy atom. The van der Waals surface area contributed by atoms with E-state index in [1.54, 1.807) is 6.20 Å². The van der Waals surface area contributed by atoms with Crippen LogP contribution in [0.4, 0.5) is 10.6 Å². The van der Waals surface area contributed by atoms with Gasteiger partial charge in [0.15, 0.2) is 0 Å². The highest BCUT2D eigenvalue weighted by Crippen LogP contribution is 2.18. The first-order valence-electron chi connectivity index (χ1n) is 8.61. The van der Waals surface area contributed by atoms with Crippen LogP contribution in [-0.2, 0) is 6.54 Å². The number of rotatable bonds is 5. The lowest BCUT2D eigenvalue weighted by molar-refractivity contribution is 0.237. The number of urea groups is 1. The van der Waals surface area contributed by atoms with Gasteiger partial charge in [-0.3, -0.25) is 0 Å². The maximum absolute atomic E-state index is 12.1. The topological polar surface area (TPSA) is 57.3 Å². The number of nitrogens with zero attached hydrogens (tertiary/aromatic N) is 2. The molecular formula is C19H23ClN4O. The second-order valence-corrected chi connectivity index (χ2v) is 6.75. The number of benzene rings is 1. The molecule has 2 aromatic rings. The third kappa shape index (κ3) is 4.86. The van der Waals surface area contributed by atoms with Crippen LogP contribution >= 0.6 is 11.6 Å². The lowest BCUT2D eigenvalue weighted by Crippen LogP contribution is -2.36. The summed E-state index contributed by atoms with van der Waals surface area (Å²) in [6.07, 6.45) is 4.24. The average Bonchev–Trinajstić information content (AvgIpc) is 3.15. The highest BCUT2D eigenvalue weighted by atomic mass is 35.5. The van der Waals surface area contributed by atoms with Gasteiger partial charge in [0, 0.05) is 30.9 Å². The van der Waals surface area contributed by atoms with Gasteiger partial charge in [-0.1, -0.05) is 23.7 Å². The Bertz CT molecular complexity index is 714. The molecule has 2 amide bonds. The van der Waals surface area contributed by atoms with Crippen molar-refractivity contribution in [2.45, 2.75) is 32.4 Å². The summed E-state index contributed by atoms with van der Waals surface area (Å²) in [4.78, 5) is 18.8. The lowest BCUT2D eigenvalue weighted by Gasteiger charge is -2.18. The zero-order chi connectivity index (χ0) is 17.6. The Labute approximate surface area is 153 Å². The zero-order valence-corrected chi connectivity index (χ0v) is 15.1. The van der Waals surface area contributed by atoms with Crippen LogP contribution in [0.5, 0.6) is 0 Å². The summed E-state index contributed by atoms with van der Waals surface area (Å²) in [7, 11) is 0. The smallest absolute Gasteiger partial charge is 0.315 e. The van der Waals surface area contributed by atoms with E-state index >= 15 is 0 Å². The Morgan fingerprint density at radius 1 is 1.24 bits per heavy atom. The largest absolute Gasteiger partial charge is 0.357 e. The second kappa shape index (κ2) is 8.21. The van der Waals surface area contributed by atoms with E-state index in [2.05, 4.69) is 20.5 Å². The van der Waals surface area contributed by atoms with Crippen LogP contribution in [0.3, 0.4) is 0 Å². The predicted octanol–water partition coefficient (Wildman–Crippen LogP) is 3.90. The molecule has 5 nitrogen and oxygen atoms in total. The molecule has 1 saturated heterocycles. The molecule has 132 valence electrons. The molecule has 0 bridgehead atoms. The van der Waals surface area contributed by atoms with Crippen molar-refractivity contribution < 1.29 is 4.79 Å². The van der Waals surface area contributed by atoms with E-state index in [-0.39, 0.29) is 12.1 Å². The highest BCUT2D eigenvalue weighted by Gasteiger charge is 2.14. The summed E-state index contributed by atoms with van der Waals surface area (Å²) in [6.45, 7) is 4.54. The third-order valence-electron chi connectivity index (χ3n) is 4.41. The van der Waals surface area contributed by atoms with Crippen molar-refractivity contribution in [3.63, 3.8) is 0 Å².